The summed E-state index contributed by atoms with van der Waals surface area (Å²) in [4.78, 5) is 38.0. The minimum atomic E-state index is -1.92. The highest BCUT2D eigenvalue weighted by Crippen LogP contribution is 2.18. The fourth-order valence-corrected chi connectivity index (χ4v) is 2.47. The van der Waals surface area contributed by atoms with E-state index in [2.05, 4.69) is 17.2 Å². The third kappa shape index (κ3) is 6.17. The molecule has 0 unspecified atom stereocenters. The zero-order valence-electron chi connectivity index (χ0n) is 17.1. The Morgan fingerprint density at radius 2 is 1.90 bits per heavy atom. The molecule has 1 aromatic rings. The van der Waals surface area contributed by atoms with Gasteiger partial charge in [0.05, 0.1) is 0 Å². The summed E-state index contributed by atoms with van der Waals surface area (Å²) in [6, 6.07) is 6.48. The quantitative estimate of drug-likeness (QED) is 0.199. The zero-order valence-corrected chi connectivity index (χ0v) is 17.1. The van der Waals surface area contributed by atoms with Crippen LogP contribution < -0.4 is 10.8 Å². The van der Waals surface area contributed by atoms with Gasteiger partial charge in [0, 0.05) is 38.9 Å². The maximum atomic E-state index is 12.8. The summed E-state index contributed by atoms with van der Waals surface area (Å²) in [5, 5.41) is 11.3. The number of ether oxygens (including phenoxy) is 1. The van der Waals surface area contributed by atoms with Crippen molar-refractivity contribution in [3.05, 3.63) is 47.5 Å². The van der Waals surface area contributed by atoms with Gasteiger partial charge in [-0.25, -0.2) is 5.48 Å². The second-order valence-electron chi connectivity index (χ2n) is 6.34. The normalized spacial score (nSPS) is 12.4. The molecular weight excluding hydrogens is 374 g/mol. The molecule has 0 radical (unpaired) electrons. The van der Waals surface area contributed by atoms with Crippen LogP contribution in [-0.2, 0) is 14.3 Å². The molecule has 0 saturated heterocycles. The Balaban J connectivity index is 2.90. The summed E-state index contributed by atoms with van der Waals surface area (Å²) in [5.74, 6) is 3.57. The van der Waals surface area contributed by atoms with E-state index in [0.717, 1.165) is 17.7 Å². The highest BCUT2D eigenvalue weighted by molar-refractivity contribution is 6.12. The highest BCUT2D eigenvalue weighted by Gasteiger charge is 2.47. The zero-order chi connectivity index (χ0) is 21.9. The highest BCUT2D eigenvalue weighted by atomic mass is 16.5. The van der Waals surface area contributed by atoms with E-state index in [-0.39, 0.29) is 5.56 Å². The Bertz CT molecular complexity index is 790. The first-order valence-electron chi connectivity index (χ1n) is 9.03. The van der Waals surface area contributed by atoms with Crippen molar-refractivity contribution < 1.29 is 24.3 Å². The summed E-state index contributed by atoms with van der Waals surface area (Å²) in [5.41, 5.74) is 0.500. The van der Waals surface area contributed by atoms with E-state index >= 15 is 0 Å². The molecule has 0 saturated carbocycles. The number of allylic oxidation sites excluding steroid dienone is 2. The number of methoxy groups -OCH3 is 1. The number of amides is 3. The van der Waals surface area contributed by atoms with Crippen LogP contribution in [-0.4, -0.2) is 61.2 Å². The van der Waals surface area contributed by atoms with Gasteiger partial charge in [-0.2, -0.15) is 0 Å². The molecule has 1 aromatic carbocycles. The summed E-state index contributed by atoms with van der Waals surface area (Å²) >= 11 is 0. The number of carbonyl (C=O) groups is 3. The molecule has 1 rings (SSSR count). The van der Waals surface area contributed by atoms with Crippen LogP contribution in [0.3, 0.4) is 0 Å². The van der Waals surface area contributed by atoms with Gasteiger partial charge < -0.3 is 15.0 Å². The van der Waals surface area contributed by atoms with Crippen LogP contribution in [0.15, 0.2) is 36.4 Å². The average Bonchev–Trinajstić information content (AvgIpc) is 2.76. The van der Waals surface area contributed by atoms with Gasteiger partial charge in [0.15, 0.2) is 5.54 Å². The number of benzene rings is 1. The Morgan fingerprint density at radius 1 is 1.24 bits per heavy atom. The molecule has 0 bridgehead atoms. The van der Waals surface area contributed by atoms with Crippen LogP contribution >= 0.6 is 0 Å². The molecule has 0 aromatic heterocycles. The SMILES string of the molecule is CNC(=O)[C@@](C)(C(=O)NO)N(C)C(=O)c1ccc(C#C/C=C/CCCOC)cc1. The molecule has 0 aliphatic carbocycles. The minimum absolute atomic E-state index is 0.272. The molecule has 0 heterocycles. The predicted molar refractivity (Wildman–Crippen MR) is 108 cm³/mol. The lowest BCUT2D eigenvalue weighted by atomic mass is 9.96. The summed E-state index contributed by atoms with van der Waals surface area (Å²) < 4.78 is 4.97. The van der Waals surface area contributed by atoms with Crippen molar-refractivity contribution in [3.63, 3.8) is 0 Å². The molecule has 0 fully saturated rings. The summed E-state index contributed by atoms with van der Waals surface area (Å²) in [6.45, 7) is 1.95. The number of carbonyl (C=O) groups excluding carboxylic acids is 3. The second-order valence-corrected chi connectivity index (χ2v) is 6.34. The van der Waals surface area contributed by atoms with Crippen molar-refractivity contribution in [2.45, 2.75) is 25.3 Å². The maximum Gasteiger partial charge on any atom is 0.278 e. The first kappa shape index (κ1) is 23.9. The number of rotatable bonds is 8. The van der Waals surface area contributed by atoms with Crippen LogP contribution in [0.25, 0.3) is 0 Å². The number of unbranched alkanes of at least 4 members (excludes halogenated alkanes) is 1. The Morgan fingerprint density at radius 3 is 2.45 bits per heavy atom. The van der Waals surface area contributed by atoms with E-state index in [1.54, 1.807) is 37.5 Å². The van der Waals surface area contributed by atoms with Crippen molar-refractivity contribution in [1.29, 1.82) is 0 Å². The van der Waals surface area contributed by atoms with Crippen LogP contribution in [0.2, 0.25) is 0 Å². The summed E-state index contributed by atoms with van der Waals surface area (Å²) in [6.07, 6.45) is 5.55. The lowest BCUT2D eigenvalue weighted by molar-refractivity contribution is -0.148. The number of hydroxylamine groups is 1. The van der Waals surface area contributed by atoms with Gasteiger partial charge in [-0.05, 0) is 50.1 Å². The molecule has 0 aliphatic heterocycles. The predicted octanol–water partition coefficient (Wildman–Crippen LogP) is 1.10. The van der Waals surface area contributed by atoms with Gasteiger partial charge in [-0.3, -0.25) is 19.6 Å². The Labute approximate surface area is 170 Å². The van der Waals surface area contributed by atoms with Crippen LogP contribution in [0, 0.1) is 11.8 Å². The van der Waals surface area contributed by atoms with E-state index in [9.17, 15) is 14.4 Å². The topological polar surface area (TPSA) is 108 Å². The lowest BCUT2D eigenvalue weighted by Gasteiger charge is -2.34. The van der Waals surface area contributed by atoms with E-state index in [1.165, 1.54) is 26.5 Å². The van der Waals surface area contributed by atoms with E-state index in [4.69, 9.17) is 9.94 Å². The third-order valence-electron chi connectivity index (χ3n) is 4.46. The van der Waals surface area contributed by atoms with E-state index in [1.807, 2.05) is 6.08 Å². The van der Waals surface area contributed by atoms with Crippen molar-refractivity contribution in [2.24, 2.45) is 0 Å². The van der Waals surface area contributed by atoms with Crippen molar-refractivity contribution in [1.82, 2.24) is 15.7 Å². The van der Waals surface area contributed by atoms with Gasteiger partial charge in [0.1, 0.15) is 0 Å². The van der Waals surface area contributed by atoms with Gasteiger partial charge in [0.2, 0.25) is 0 Å². The molecule has 8 nitrogen and oxygen atoms in total. The molecule has 3 N–H and O–H groups in total. The van der Waals surface area contributed by atoms with Gasteiger partial charge in [-0.1, -0.05) is 17.9 Å². The first-order valence-corrected chi connectivity index (χ1v) is 9.03. The number of nitrogens with zero attached hydrogens (tertiary/aromatic N) is 1. The Hall–Kier alpha value is -3.15. The van der Waals surface area contributed by atoms with Crippen molar-refractivity contribution >= 4 is 17.7 Å². The average molecular weight is 401 g/mol. The summed E-state index contributed by atoms with van der Waals surface area (Å²) in [7, 11) is 4.31. The number of hydrogen-bond acceptors (Lipinski definition) is 5. The van der Waals surface area contributed by atoms with E-state index in [0.29, 0.717) is 12.2 Å². The van der Waals surface area contributed by atoms with Gasteiger partial charge >= 0.3 is 0 Å². The van der Waals surface area contributed by atoms with Gasteiger partial charge in [0.25, 0.3) is 17.7 Å². The first-order chi connectivity index (χ1) is 13.8. The monoisotopic (exact) mass is 401 g/mol. The molecule has 156 valence electrons. The third-order valence-corrected chi connectivity index (χ3v) is 4.46. The largest absolute Gasteiger partial charge is 0.385 e. The fraction of sp³-hybridized carbons (Fsp3) is 0.381. The fourth-order valence-electron chi connectivity index (χ4n) is 2.47. The van der Waals surface area contributed by atoms with Crippen LogP contribution in [0.4, 0.5) is 0 Å². The van der Waals surface area contributed by atoms with Crippen LogP contribution in [0.1, 0.15) is 35.7 Å². The number of nitrogens with one attached hydrogen (secondary N) is 2. The Kier molecular flexibility index (Phi) is 9.59. The molecule has 3 amide bonds. The van der Waals surface area contributed by atoms with E-state index < -0.39 is 23.3 Å². The van der Waals surface area contributed by atoms with Crippen molar-refractivity contribution in [2.75, 3.05) is 27.8 Å². The molecular formula is C21H27N3O5. The molecule has 0 aliphatic rings. The second kappa shape index (κ2) is 11.6. The van der Waals surface area contributed by atoms with Crippen LogP contribution in [0.5, 0.6) is 0 Å². The standard InChI is InChI=1S/C21H27N3O5/c1-21(19(26)22-2,20(27)23-28)24(3)18(25)17-13-11-16(12-14-17)10-8-6-5-7-9-15-29-4/h5-6,11-14,28H,7,9,15H2,1-4H3,(H,22,26)(H,23,27)/b6-5+/t21-/m0/s1. The van der Waals surface area contributed by atoms with Gasteiger partial charge in [-0.15, -0.1) is 0 Å². The molecule has 29 heavy (non-hydrogen) atoms. The smallest absolute Gasteiger partial charge is 0.278 e. The molecule has 1 atom stereocenters. The lowest BCUT2D eigenvalue weighted by Crippen LogP contribution is -2.64. The van der Waals surface area contributed by atoms with Crippen molar-refractivity contribution in [3.8, 4) is 11.8 Å². The number of hydrogen-bond donors (Lipinski definition) is 3. The number of likely N-dealkylation sites (N-methyl/N-ethyl adjacent to an activating group) is 2. The molecule has 0 spiro atoms. The maximum absolute atomic E-state index is 12.8. The minimum Gasteiger partial charge on any atom is -0.385 e. The molecule has 8 heteroatoms.